The Labute approximate surface area is 133 Å². The Morgan fingerprint density at radius 3 is 2.61 bits per heavy atom. The Bertz CT molecular complexity index is 925. The second-order valence-electron chi connectivity index (χ2n) is 5.55. The third kappa shape index (κ3) is 2.33. The molecule has 1 aromatic heterocycles. The van der Waals surface area contributed by atoms with Gasteiger partial charge in [0, 0.05) is 29.9 Å². The molecule has 5 heteroatoms. The highest BCUT2D eigenvalue weighted by molar-refractivity contribution is 6.06. The van der Waals surface area contributed by atoms with Crippen LogP contribution in [-0.2, 0) is 4.74 Å². The van der Waals surface area contributed by atoms with Crippen LogP contribution >= 0.6 is 0 Å². The van der Waals surface area contributed by atoms with E-state index in [0.717, 1.165) is 29.6 Å². The summed E-state index contributed by atoms with van der Waals surface area (Å²) in [4.78, 5) is 14.5. The van der Waals surface area contributed by atoms with E-state index in [-0.39, 0.29) is 5.43 Å². The topological polar surface area (TPSA) is 51.9 Å². The van der Waals surface area contributed by atoms with Crippen LogP contribution in [0.25, 0.3) is 21.7 Å². The number of rotatable bonds is 2. The maximum absolute atomic E-state index is 12.5. The number of anilines is 1. The quantitative estimate of drug-likeness (QED) is 0.681. The van der Waals surface area contributed by atoms with Crippen LogP contribution in [0, 0.1) is 0 Å². The van der Waals surface area contributed by atoms with Crippen LogP contribution in [0.2, 0.25) is 0 Å². The van der Waals surface area contributed by atoms with Gasteiger partial charge in [0.15, 0.2) is 11.3 Å². The van der Waals surface area contributed by atoms with Crippen LogP contribution in [0.3, 0.4) is 0 Å². The molecule has 3 aromatic rings. The normalized spacial score (nSPS) is 15.3. The van der Waals surface area contributed by atoms with Crippen LogP contribution in [0.5, 0.6) is 5.75 Å². The summed E-state index contributed by atoms with van der Waals surface area (Å²) < 4.78 is 16.9. The van der Waals surface area contributed by atoms with E-state index in [0.29, 0.717) is 30.1 Å². The zero-order chi connectivity index (χ0) is 15.8. The van der Waals surface area contributed by atoms with Gasteiger partial charge in [-0.2, -0.15) is 0 Å². The van der Waals surface area contributed by atoms with Crippen LogP contribution in [0.15, 0.2) is 45.6 Å². The SMILES string of the molecule is COc1cccc2c1ccc1c(=O)cc(N3CCOCC3)oc12. The molecule has 0 aliphatic carbocycles. The Morgan fingerprint density at radius 2 is 1.83 bits per heavy atom. The predicted octanol–water partition coefficient (Wildman–Crippen LogP) is 2.79. The number of hydrogen-bond donors (Lipinski definition) is 0. The molecule has 0 radical (unpaired) electrons. The number of hydrogen-bond acceptors (Lipinski definition) is 5. The van der Waals surface area contributed by atoms with Crippen molar-refractivity contribution in [2.75, 3.05) is 38.3 Å². The molecule has 23 heavy (non-hydrogen) atoms. The molecule has 4 rings (SSSR count). The Hall–Kier alpha value is -2.53. The minimum atomic E-state index is -0.0301. The molecular formula is C18H17NO4. The third-order valence-electron chi connectivity index (χ3n) is 4.24. The maximum atomic E-state index is 12.5. The molecule has 0 spiro atoms. The number of nitrogens with zero attached hydrogens (tertiary/aromatic N) is 1. The highest BCUT2D eigenvalue weighted by atomic mass is 16.5. The summed E-state index contributed by atoms with van der Waals surface area (Å²) in [6, 6.07) is 11.0. The molecule has 1 fully saturated rings. The van der Waals surface area contributed by atoms with Crippen molar-refractivity contribution >= 4 is 27.6 Å². The lowest BCUT2D eigenvalue weighted by molar-refractivity contribution is 0.121. The van der Waals surface area contributed by atoms with E-state index in [9.17, 15) is 4.79 Å². The molecule has 1 aliphatic rings. The summed E-state index contributed by atoms with van der Waals surface area (Å²) in [6.07, 6.45) is 0. The summed E-state index contributed by atoms with van der Waals surface area (Å²) in [7, 11) is 1.64. The fraction of sp³-hybridized carbons (Fsp3) is 0.278. The number of benzene rings is 2. The molecule has 0 amide bonds. The molecule has 1 saturated heterocycles. The van der Waals surface area contributed by atoms with Crippen molar-refractivity contribution in [2.45, 2.75) is 0 Å². The van der Waals surface area contributed by atoms with E-state index in [1.165, 1.54) is 0 Å². The third-order valence-corrected chi connectivity index (χ3v) is 4.24. The van der Waals surface area contributed by atoms with Gasteiger partial charge < -0.3 is 18.8 Å². The van der Waals surface area contributed by atoms with Crippen LogP contribution in [-0.4, -0.2) is 33.4 Å². The van der Waals surface area contributed by atoms with Gasteiger partial charge in [-0.05, 0) is 18.2 Å². The lowest BCUT2D eigenvalue weighted by atomic mass is 10.1. The molecule has 0 N–H and O–H groups in total. The van der Waals surface area contributed by atoms with Crippen LogP contribution in [0.1, 0.15) is 0 Å². The van der Waals surface area contributed by atoms with Gasteiger partial charge in [-0.25, -0.2) is 0 Å². The zero-order valence-electron chi connectivity index (χ0n) is 12.9. The van der Waals surface area contributed by atoms with Gasteiger partial charge in [0.05, 0.1) is 25.7 Å². The molecule has 0 saturated carbocycles. The molecule has 1 aliphatic heterocycles. The van der Waals surface area contributed by atoms with Crippen molar-refractivity contribution in [3.05, 3.63) is 46.6 Å². The van der Waals surface area contributed by atoms with Crippen molar-refractivity contribution in [2.24, 2.45) is 0 Å². The Kier molecular flexibility index (Phi) is 3.42. The highest BCUT2D eigenvalue weighted by Gasteiger charge is 2.17. The molecule has 0 atom stereocenters. The van der Waals surface area contributed by atoms with Crippen molar-refractivity contribution in [1.29, 1.82) is 0 Å². The van der Waals surface area contributed by atoms with Gasteiger partial charge in [-0.15, -0.1) is 0 Å². The summed E-state index contributed by atoms with van der Waals surface area (Å²) in [6.45, 7) is 2.74. The van der Waals surface area contributed by atoms with Crippen molar-refractivity contribution in [3.63, 3.8) is 0 Å². The number of fused-ring (bicyclic) bond motifs is 3. The van der Waals surface area contributed by atoms with Gasteiger partial charge in [-0.1, -0.05) is 12.1 Å². The molecule has 2 aromatic carbocycles. The molecule has 5 nitrogen and oxygen atoms in total. The monoisotopic (exact) mass is 311 g/mol. The van der Waals surface area contributed by atoms with E-state index in [1.807, 2.05) is 29.2 Å². The zero-order valence-corrected chi connectivity index (χ0v) is 12.9. The first-order valence-corrected chi connectivity index (χ1v) is 7.64. The molecule has 0 bridgehead atoms. The van der Waals surface area contributed by atoms with E-state index in [4.69, 9.17) is 13.9 Å². The molecule has 2 heterocycles. The first kappa shape index (κ1) is 14.1. The summed E-state index contributed by atoms with van der Waals surface area (Å²) in [5, 5.41) is 2.40. The highest BCUT2D eigenvalue weighted by Crippen LogP contribution is 2.32. The minimum absolute atomic E-state index is 0.0301. The largest absolute Gasteiger partial charge is 0.496 e. The molecular weight excluding hydrogens is 294 g/mol. The first-order valence-electron chi connectivity index (χ1n) is 7.64. The van der Waals surface area contributed by atoms with E-state index in [1.54, 1.807) is 19.2 Å². The fourth-order valence-corrected chi connectivity index (χ4v) is 3.05. The summed E-state index contributed by atoms with van der Waals surface area (Å²) in [5.41, 5.74) is 0.577. The maximum Gasteiger partial charge on any atom is 0.200 e. The van der Waals surface area contributed by atoms with Gasteiger partial charge >= 0.3 is 0 Å². The van der Waals surface area contributed by atoms with E-state index in [2.05, 4.69) is 0 Å². The minimum Gasteiger partial charge on any atom is -0.496 e. The smallest absolute Gasteiger partial charge is 0.200 e. The average Bonchev–Trinajstić information content (AvgIpc) is 2.61. The van der Waals surface area contributed by atoms with E-state index >= 15 is 0 Å². The number of ether oxygens (including phenoxy) is 2. The number of methoxy groups -OCH3 is 1. The van der Waals surface area contributed by atoms with Crippen molar-refractivity contribution in [1.82, 2.24) is 0 Å². The average molecular weight is 311 g/mol. The number of morpholine rings is 1. The van der Waals surface area contributed by atoms with Crippen molar-refractivity contribution < 1.29 is 13.9 Å². The Morgan fingerprint density at radius 1 is 1.04 bits per heavy atom. The van der Waals surface area contributed by atoms with Gasteiger partial charge in [0.2, 0.25) is 0 Å². The molecule has 0 unspecified atom stereocenters. The first-order chi connectivity index (χ1) is 11.3. The van der Waals surface area contributed by atoms with Crippen LogP contribution < -0.4 is 15.1 Å². The second-order valence-corrected chi connectivity index (χ2v) is 5.55. The van der Waals surface area contributed by atoms with E-state index < -0.39 is 0 Å². The lowest BCUT2D eigenvalue weighted by Crippen LogP contribution is -2.36. The molecule has 118 valence electrons. The Balaban J connectivity index is 1.98. The summed E-state index contributed by atoms with van der Waals surface area (Å²) in [5.74, 6) is 1.37. The fourth-order valence-electron chi connectivity index (χ4n) is 3.05. The summed E-state index contributed by atoms with van der Waals surface area (Å²) >= 11 is 0. The standard InChI is InChI=1S/C18H17NO4/c1-21-16-4-2-3-13-12(16)5-6-14-15(20)11-17(23-18(13)14)19-7-9-22-10-8-19/h2-6,11H,7-10H2,1H3. The van der Waals surface area contributed by atoms with Gasteiger partial charge in [-0.3, -0.25) is 4.79 Å². The second kappa shape index (κ2) is 5.59. The lowest BCUT2D eigenvalue weighted by Gasteiger charge is -2.27. The van der Waals surface area contributed by atoms with Crippen LogP contribution in [0.4, 0.5) is 5.88 Å². The predicted molar refractivity (Wildman–Crippen MR) is 89.6 cm³/mol. The van der Waals surface area contributed by atoms with Gasteiger partial charge in [0.25, 0.3) is 0 Å². The van der Waals surface area contributed by atoms with Crippen molar-refractivity contribution in [3.8, 4) is 5.75 Å². The van der Waals surface area contributed by atoms with Gasteiger partial charge in [0.1, 0.15) is 11.3 Å².